The van der Waals surface area contributed by atoms with Crippen LogP contribution in [0, 0.1) is 17.3 Å². The molecule has 0 aromatic heterocycles. The van der Waals surface area contributed by atoms with Crippen LogP contribution in [0.15, 0.2) is 25.3 Å². The Hall–Kier alpha value is -2.19. The van der Waals surface area contributed by atoms with Crippen LogP contribution in [0.1, 0.15) is 74.1 Å². The third-order valence-corrected chi connectivity index (χ3v) is 8.28. The number of amides is 2. The van der Waals surface area contributed by atoms with Gasteiger partial charge in [-0.1, -0.05) is 32.9 Å². The summed E-state index contributed by atoms with van der Waals surface area (Å²) in [5.74, 6) is -2.72. The van der Waals surface area contributed by atoms with Gasteiger partial charge in [-0.05, 0) is 58.8 Å². The zero-order chi connectivity index (χ0) is 28.0. The Bertz CT molecular complexity index is 939. The van der Waals surface area contributed by atoms with Crippen LogP contribution in [0.2, 0.25) is 0 Å². The average Bonchev–Trinajstić information content (AvgIpc) is 3.35. The molecule has 3 aliphatic rings. The van der Waals surface area contributed by atoms with Crippen molar-refractivity contribution in [3.8, 4) is 0 Å². The summed E-state index contributed by atoms with van der Waals surface area (Å²) >= 11 is 0. The molecule has 0 aromatic rings. The highest BCUT2D eigenvalue weighted by molar-refractivity contribution is 5.99. The molecule has 37 heavy (non-hydrogen) atoms. The molecule has 1 spiro atoms. The smallest absolute Gasteiger partial charge is 0.312 e. The van der Waals surface area contributed by atoms with E-state index in [9.17, 15) is 19.5 Å². The van der Waals surface area contributed by atoms with Gasteiger partial charge >= 0.3 is 5.97 Å². The lowest BCUT2D eigenvalue weighted by atomic mass is 9.66. The van der Waals surface area contributed by atoms with E-state index in [0.29, 0.717) is 25.8 Å². The molecule has 1 N–H and O–H groups in total. The lowest BCUT2D eigenvalue weighted by molar-refractivity contribution is -0.163. The summed E-state index contributed by atoms with van der Waals surface area (Å²) in [4.78, 5) is 45.2. The van der Waals surface area contributed by atoms with Crippen molar-refractivity contribution < 1.29 is 29.0 Å². The molecule has 3 saturated heterocycles. The minimum absolute atomic E-state index is 0.0519. The number of carbonyl (C=O) groups excluding carboxylic acids is 3. The van der Waals surface area contributed by atoms with Gasteiger partial charge in [-0.3, -0.25) is 14.4 Å². The lowest BCUT2D eigenvalue weighted by Crippen LogP contribution is -2.62. The Labute approximate surface area is 222 Å². The zero-order valence-electron chi connectivity index (χ0n) is 23.7. The fraction of sp³-hybridized carbons (Fsp3) is 0.759. The molecule has 0 radical (unpaired) electrons. The average molecular weight is 519 g/mol. The van der Waals surface area contributed by atoms with Crippen molar-refractivity contribution in [2.75, 3.05) is 19.8 Å². The van der Waals surface area contributed by atoms with Crippen LogP contribution in [0.25, 0.3) is 0 Å². The number of esters is 1. The number of rotatable bonds is 11. The summed E-state index contributed by atoms with van der Waals surface area (Å²) in [5, 5.41) is 10.1. The highest BCUT2D eigenvalue weighted by Gasteiger charge is 2.79. The van der Waals surface area contributed by atoms with Crippen molar-refractivity contribution in [1.82, 2.24) is 9.80 Å². The number of nitrogens with zero attached hydrogens (tertiary/aromatic N) is 2. The molecule has 0 aromatic carbocycles. The van der Waals surface area contributed by atoms with E-state index in [2.05, 4.69) is 33.9 Å². The molecule has 208 valence electrons. The standard InChI is InChI=1S/C29H46N2O6/c1-10-12-16-36-25(35)21-20-23(33)31(19(3)17-32)22(29(20)14-13-28(21,9)37-29)24(34)30(15-11-2)27(7,8)18-26(4,5)6/h10-11,19-22,32H,1-2,12-18H2,3-9H3/t19-,20+,21-,22?,28+,29?/m1/s1. The Morgan fingerprint density at radius 2 is 1.89 bits per heavy atom. The number of hydrogen-bond donors (Lipinski definition) is 1. The third-order valence-electron chi connectivity index (χ3n) is 8.28. The first-order valence-electron chi connectivity index (χ1n) is 13.4. The van der Waals surface area contributed by atoms with Crippen LogP contribution >= 0.6 is 0 Å². The molecular formula is C29H46N2O6. The molecule has 6 atom stereocenters. The van der Waals surface area contributed by atoms with Crippen molar-refractivity contribution in [2.45, 2.75) is 103 Å². The number of likely N-dealkylation sites (tertiary alicyclic amines) is 1. The minimum Gasteiger partial charge on any atom is -0.465 e. The van der Waals surface area contributed by atoms with Crippen molar-refractivity contribution in [1.29, 1.82) is 0 Å². The van der Waals surface area contributed by atoms with Gasteiger partial charge in [-0.25, -0.2) is 0 Å². The molecule has 8 nitrogen and oxygen atoms in total. The van der Waals surface area contributed by atoms with E-state index >= 15 is 0 Å². The van der Waals surface area contributed by atoms with E-state index in [1.54, 1.807) is 24.0 Å². The normalized spacial score (nSPS) is 31.7. The maximum absolute atomic E-state index is 14.6. The van der Waals surface area contributed by atoms with Crippen LogP contribution in [0.4, 0.5) is 0 Å². The predicted molar refractivity (Wildman–Crippen MR) is 141 cm³/mol. The van der Waals surface area contributed by atoms with Crippen molar-refractivity contribution in [3.05, 3.63) is 25.3 Å². The largest absolute Gasteiger partial charge is 0.465 e. The van der Waals surface area contributed by atoms with Gasteiger partial charge in [-0.2, -0.15) is 0 Å². The monoisotopic (exact) mass is 518 g/mol. The van der Waals surface area contributed by atoms with Crippen LogP contribution in [-0.4, -0.2) is 81.3 Å². The Balaban J connectivity index is 2.09. The molecule has 2 amide bonds. The first kappa shape index (κ1) is 29.4. The molecule has 3 aliphatic heterocycles. The van der Waals surface area contributed by atoms with Crippen LogP contribution in [0.5, 0.6) is 0 Å². The number of hydrogen-bond acceptors (Lipinski definition) is 6. The van der Waals surface area contributed by atoms with E-state index in [1.807, 2.05) is 20.8 Å². The Morgan fingerprint density at radius 1 is 1.24 bits per heavy atom. The Morgan fingerprint density at radius 3 is 2.43 bits per heavy atom. The van der Waals surface area contributed by atoms with E-state index in [-0.39, 0.29) is 30.4 Å². The predicted octanol–water partition coefficient (Wildman–Crippen LogP) is 3.48. The second-order valence-corrected chi connectivity index (χ2v) is 13.0. The van der Waals surface area contributed by atoms with Crippen LogP contribution in [0.3, 0.4) is 0 Å². The van der Waals surface area contributed by atoms with Crippen LogP contribution < -0.4 is 0 Å². The zero-order valence-corrected chi connectivity index (χ0v) is 23.7. The summed E-state index contributed by atoms with van der Waals surface area (Å²) < 4.78 is 12.2. The van der Waals surface area contributed by atoms with Gasteiger partial charge in [0.05, 0.1) is 30.8 Å². The lowest BCUT2D eigenvalue weighted by Gasteiger charge is -2.46. The molecule has 0 saturated carbocycles. The van der Waals surface area contributed by atoms with Gasteiger partial charge < -0.3 is 24.4 Å². The van der Waals surface area contributed by atoms with Gasteiger partial charge in [0, 0.05) is 12.1 Å². The number of aliphatic hydroxyl groups is 1. The topological polar surface area (TPSA) is 96.4 Å². The maximum atomic E-state index is 14.6. The van der Waals surface area contributed by atoms with Gasteiger partial charge in [-0.15, -0.1) is 13.2 Å². The Kier molecular flexibility index (Phi) is 8.08. The summed E-state index contributed by atoms with van der Waals surface area (Å²) in [6, 6.07) is -1.58. The van der Waals surface area contributed by atoms with Crippen molar-refractivity contribution in [3.63, 3.8) is 0 Å². The van der Waals surface area contributed by atoms with Crippen molar-refractivity contribution >= 4 is 17.8 Å². The maximum Gasteiger partial charge on any atom is 0.312 e. The first-order chi connectivity index (χ1) is 17.1. The number of carbonyl (C=O) groups is 3. The summed E-state index contributed by atoms with van der Waals surface area (Å²) in [5.41, 5.74) is -2.66. The molecular weight excluding hydrogens is 472 g/mol. The number of ether oxygens (including phenoxy) is 2. The fourth-order valence-electron chi connectivity index (χ4n) is 7.20. The number of aliphatic hydroxyl groups excluding tert-OH is 1. The van der Waals surface area contributed by atoms with Gasteiger partial charge in [0.15, 0.2) is 0 Å². The third kappa shape index (κ3) is 4.99. The van der Waals surface area contributed by atoms with Gasteiger partial charge in [0.2, 0.25) is 11.8 Å². The molecule has 0 aliphatic carbocycles. The highest BCUT2D eigenvalue weighted by Crippen LogP contribution is 2.63. The van der Waals surface area contributed by atoms with E-state index in [1.165, 1.54) is 4.90 Å². The molecule has 3 rings (SSSR count). The minimum atomic E-state index is -1.16. The van der Waals surface area contributed by atoms with Crippen molar-refractivity contribution in [2.24, 2.45) is 17.3 Å². The summed E-state index contributed by atoms with van der Waals surface area (Å²) in [6.07, 6.45) is 5.61. The van der Waals surface area contributed by atoms with Gasteiger partial charge in [0.25, 0.3) is 0 Å². The molecule has 3 fully saturated rings. The molecule has 8 heteroatoms. The quantitative estimate of drug-likeness (QED) is 0.256. The van der Waals surface area contributed by atoms with E-state index < -0.39 is 46.6 Å². The van der Waals surface area contributed by atoms with E-state index in [4.69, 9.17) is 9.47 Å². The summed E-state index contributed by atoms with van der Waals surface area (Å²) in [7, 11) is 0. The number of fused-ring (bicyclic) bond motifs is 1. The SMILES string of the molecule is C=CCCOC(=O)[C@H]1[C@H]2C(=O)N([C@H](C)CO)C(C(=O)N(CC=C)C(C)(C)CC(C)(C)C)C23CC[C@]1(C)O3. The second kappa shape index (κ2) is 10.2. The fourth-order valence-corrected chi connectivity index (χ4v) is 7.20. The summed E-state index contributed by atoms with van der Waals surface area (Å²) in [6.45, 7) is 21.7. The van der Waals surface area contributed by atoms with E-state index in [0.717, 1.165) is 6.42 Å². The molecule has 2 unspecified atom stereocenters. The second-order valence-electron chi connectivity index (χ2n) is 13.0. The molecule has 2 bridgehead atoms. The first-order valence-corrected chi connectivity index (χ1v) is 13.4. The van der Waals surface area contributed by atoms with Crippen LogP contribution in [-0.2, 0) is 23.9 Å². The highest BCUT2D eigenvalue weighted by atomic mass is 16.6. The molecule has 3 heterocycles. The van der Waals surface area contributed by atoms with Gasteiger partial charge in [0.1, 0.15) is 17.6 Å².